The van der Waals surface area contributed by atoms with Gasteiger partial charge < -0.3 is 23.7 Å². The number of esters is 1. The second kappa shape index (κ2) is 11.2. The third-order valence-corrected chi connectivity index (χ3v) is 5.64. The van der Waals surface area contributed by atoms with Crippen molar-refractivity contribution in [2.75, 3.05) is 27.9 Å². The minimum absolute atomic E-state index is 0.0973. The Bertz CT molecular complexity index is 1400. The molecule has 2 heterocycles. The molecule has 0 saturated carbocycles. The van der Waals surface area contributed by atoms with Gasteiger partial charge in [-0.05, 0) is 44.5 Å². The normalized spacial score (nSPS) is 11.0. The van der Waals surface area contributed by atoms with Gasteiger partial charge in [-0.1, -0.05) is 6.07 Å². The van der Waals surface area contributed by atoms with Crippen LogP contribution >= 0.6 is 0 Å². The molecule has 0 atom stereocenters. The zero-order chi connectivity index (χ0) is 26.5. The van der Waals surface area contributed by atoms with E-state index < -0.39 is 5.97 Å². The predicted molar refractivity (Wildman–Crippen MR) is 138 cm³/mol. The molecule has 0 radical (unpaired) electrons. The molecule has 4 aromatic rings. The smallest absolute Gasteiger partial charge is 0.340 e. The molecule has 0 saturated heterocycles. The van der Waals surface area contributed by atoms with Crippen molar-refractivity contribution in [2.24, 2.45) is 0 Å². The highest BCUT2D eigenvalue weighted by atomic mass is 16.5. The summed E-state index contributed by atoms with van der Waals surface area (Å²) in [5, 5.41) is 4.89. The van der Waals surface area contributed by atoms with Crippen molar-refractivity contribution in [1.82, 2.24) is 19.7 Å². The SMILES string of the molecule is CCOC(=O)c1c(Cn2cncn2)nc2cc(OC)c(OC(C)C)cc2c1-c1ccc(OC)c(OC)c1. The molecule has 37 heavy (non-hydrogen) atoms. The average molecular weight is 507 g/mol. The number of carbonyl (C=O) groups excluding carboxylic acids is 1. The lowest BCUT2D eigenvalue weighted by Crippen LogP contribution is -2.15. The van der Waals surface area contributed by atoms with Crippen molar-refractivity contribution in [3.8, 4) is 34.1 Å². The first-order chi connectivity index (χ1) is 17.9. The van der Waals surface area contributed by atoms with Gasteiger partial charge in [-0.3, -0.25) is 0 Å². The van der Waals surface area contributed by atoms with Crippen molar-refractivity contribution in [2.45, 2.75) is 33.4 Å². The lowest BCUT2D eigenvalue weighted by atomic mass is 9.93. The molecule has 4 rings (SSSR count). The van der Waals surface area contributed by atoms with Crippen molar-refractivity contribution < 1.29 is 28.5 Å². The minimum atomic E-state index is -0.501. The molecular weight excluding hydrogens is 476 g/mol. The number of hydrogen-bond donors (Lipinski definition) is 0. The highest BCUT2D eigenvalue weighted by molar-refractivity contribution is 6.08. The summed E-state index contributed by atoms with van der Waals surface area (Å²) in [6, 6.07) is 9.13. The van der Waals surface area contributed by atoms with E-state index in [1.165, 1.54) is 6.33 Å². The van der Waals surface area contributed by atoms with Gasteiger partial charge >= 0.3 is 5.97 Å². The van der Waals surface area contributed by atoms with Crippen molar-refractivity contribution in [3.63, 3.8) is 0 Å². The van der Waals surface area contributed by atoms with Gasteiger partial charge in [0.05, 0.1) is 57.4 Å². The zero-order valence-corrected chi connectivity index (χ0v) is 21.8. The van der Waals surface area contributed by atoms with Crippen molar-refractivity contribution in [1.29, 1.82) is 0 Å². The van der Waals surface area contributed by atoms with E-state index in [2.05, 4.69) is 10.1 Å². The van der Waals surface area contributed by atoms with Gasteiger partial charge in [0, 0.05) is 17.0 Å². The minimum Gasteiger partial charge on any atom is -0.493 e. The van der Waals surface area contributed by atoms with E-state index in [1.54, 1.807) is 51.4 Å². The third-order valence-electron chi connectivity index (χ3n) is 5.64. The number of benzene rings is 2. The highest BCUT2D eigenvalue weighted by Gasteiger charge is 2.26. The monoisotopic (exact) mass is 506 g/mol. The van der Waals surface area contributed by atoms with Gasteiger partial charge in [-0.25, -0.2) is 19.4 Å². The fraction of sp³-hybridized carbons (Fsp3) is 0.333. The van der Waals surface area contributed by atoms with Crippen molar-refractivity contribution >= 4 is 16.9 Å². The Morgan fingerprint density at radius 2 is 1.70 bits per heavy atom. The first-order valence-corrected chi connectivity index (χ1v) is 11.8. The molecule has 0 amide bonds. The molecule has 2 aromatic heterocycles. The van der Waals surface area contributed by atoms with E-state index in [1.807, 2.05) is 32.0 Å². The molecule has 10 heteroatoms. The molecule has 0 fully saturated rings. The number of ether oxygens (including phenoxy) is 5. The van der Waals surface area contributed by atoms with Crippen molar-refractivity contribution in [3.05, 3.63) is 54.2 Å². The molecular formula is C27H30N4O6. The summed E-state index contributed by atoms with van der Waals surface area (Å²) in [6.07, 6.45) is 2.90. The van der Waals surface area contributed by atoms with E-state index in [0.717, 1.165) is 0 Å². The van der Waals surface area contributed by atoms with Crippen LogP contribution in [0.4, 0.5) is 0 Å². The molecule has 0 N–H and O–H groups in total. The topological polar surface area (TPSA) is 107 Å². The highest BCUT2D eigenvalue weighted by Crippen LogP contribution is 2.42. The van der Waals surface area contributed by atoms with Crippen LogP contribution in [0.3, 0.4) is 0 Å². The van der Waals surface area contributed by atoms with Crippen LogP contribution in [0.25, 0.3) is 22.0 Å². The van der Waals surface area contributed by atoms with Gasteiger partial charge in [0.15, 0.2) is 23.0 Å². The second-order valence-corrected chi connectivity index (χ2v) is 8.38. The maximum absolute atomic E-state index is 13.5. The van der Waals surface area contributed by atoms with Crippen LogP contribution in [0, 0.1) is 0 Å². The lowest BCUT2D eigenvalue weighted by molar-refractivity contribution is 0.0525. The van der Waals surface area contributed by atoms with Crippen LogP contribution in [-0.4, -0.2) is 59.8 Å². The van der Waals surface area contributed by atoms with Gasteiger partial charge in [0.2, 0.25) is 0 Å². The van der Waals surface area contributed by atoms with E-state index in [0.29, 0.717) is 56.3 Å². The zero-order valence-electron chi connectivity index (χ0n) is 21.8. The molecule has 0 unspecified atom stereocenters. The summed E-state index contributed by atoms with van der Waals surface area (Å²) in [5.74, 6) is 1.65. The Labute approximate surface area is 215 Å². The summed E-state index contributed by atoms with van der Waals surface area (Å²) in [5.41, 5.74) is 2.74. The molecule has 0 spiro atoms. The largest absolute Gasteiger partial charge is 0.493 e. The molecule has 0 aliphatic carbocycles. The Balaban J connectivity index is 2.11. The van der Waals surface area contributed by atoms with Crippen LogP contribution in [0.1, 0.15) is 36.8 Å². The van der Waals surface area contributed by atoms with Crippen LogP contribution in [0.15, 0.2) is 43.0 Å². The van der Waals surface area contributed by atoms with Crippen LogP contribution in [0.5, 0.6) is 23.0 Å². The van der Waals surface area contributed by atoms with E-state index >= 15 is 0 Å². The van der Waals surface area contributed by atoms with Gasteiger partial charge in [-0.2, -0.15) is 5.10 Å². The number of aromatic nitrogens is 4. The Morgan fingerprint density at radius 3 is 2.32 bits per heavy atom. The summed E-state index contributed by atoms with van der Waals surface area (Å²) < 4.78 is 29.8. The second-order valence-electron chi connectivity index (χ2n) is 8.38. The van der Waals surface area contributed by atoms with Crippen LogP contribution < -0.4 is 18.9 Å². The number of rotatable bonds is 10. The fourth-order valence-electron chi connectivity index (χ4n) is 4.12. The summed E-state index contributed by atoms with van der Waals surface area (Å²) >= 11 is 0. The number of pyridine rings is 1. The van der Waals surface area contributed by atoms with Crippen LogP contribution in [0.2, 0.25) is 0 Å². The number of methoxy groups -OCH3 is 3. The maximum Gasteiger partial charge on any atom is 0.340 e. The summed E-state index contributed by atoms with van der Waals surface area (Å²) in [6.45, 7) is 6.04. The quantitative estimate of drug-likeness (QED) is 0.287. The number of fused-ring (bicyclic) bond motifs is 1. The molecule has 10 nitrogen and oxygen atoms in total. The standard InChI is InChI=1S/C27H30N4O6/c1-7-36-27(32)26-20(13-31-15-28-14-29-31)30-19-12-23(35-6)24(37-16(2)3)11-18(19)25(26)17-8-9-21(33-4)22(10-17)34-5/h8-12,14-16H,7,13H2,1-6H3. The lowest BCUT2D eigenvalue weighted by Gasteiger charge is -2.20. The summed E-state index contributed by atoms with van der Waals surface area (Å²) in [4.78, 5) is 22.4. The number of hydrogen-bond acceptors (Lipinski definition) is 9. The molecule has 194 valence electrons. The summed E-state index contributed by atoms with van der Waals surface area (Å²) in [7, 11) is 4.71. The third kappa shape index (κ3) is 5.28. The van der Waals surface area contributed by atoms with E-state index in [-0.39, 0.29) is 19.3 Å². The number of carbonyl (C=O) groups is 1. The van der Waals surface area contributed by atoms with E-state index in [9.17, 15) is 4.79 Å². The van der Waals surface area contributed by atoms with E-state index in [4.69, 9.17) is 28.7 Å². The Hall–Kier alpha value is -4.34. The molecule has 2 aromatic carbocycles. The van der Waals surface area contributed by atoms with Gasteiger partial charge in [0.25, 0.3) is 0 Å². The maximum atomic E-state index is 13.5. The van der Waals surface area contributed by atoms with Crippen LogP contribution in [-0.2, 0) is 11.3 Å². The molecule has 0 aliphatic rings. The van der Waals surface area contributed by atoms with Gasteiger partial charge in [-0.15, -0.1) is 0 Å². The Kier molecular flexibility index (Phi) is 7.76. The average Bonchev–Trinajstić information content (AvgIpc) is 3.40. The molecule has 0 aliphatic heterocycles. The predicted octanol–water partition coefficient (Wildman–Crippen LogP) is 4.53. The fourth-order valence-corrected chi connectivity index (χ4v) is 4.12. The number of nitrogens with zero attached hydrogens (tertiary/aromatic N) is 4. The Morgan fingerprint density at radius 1 is 0.973 bits per heavy atom. The molecule has 0 bridgehead atoms. The first-order valence-electron chi connectivity index (χ1n) is 11.8. The first kappa shape index (κ1) is 25.7. The van der Waals surface area contributed by atoms with Gasteiger partial charge in [0.1, 0.15) is 12.7 Å².